The molecule has 2 rings (SSSR count). The van der Waals surface area contributed by atoms with E-state index in [2.05, 4.69) is 5.32 Å². The van der Waals surface area contributed by atoms with E-state index >= 15 is 0 Å². The van der Waals surface area contributed by atoms with Crippen LogP contribution in [-0.2, 0) is 20.6 Å². The highest BCUT2D eigenvalue weighted by Crippen LogP contribution is 2.26. The maximum atomic E-state index is 12.9. The molecule has 2 aromatic carbocycles. The molecule has 1 N–H and O–H groups in total. The molecule has 0 fully saturated rings. The van der Waals surface area contributed by atoms with Crippen molar-refractivity contribution in [2.45, 2.75) is 39.0 Å². The Kier molecular flexibility index (Phi) is 9.55. The maximum Gasteiger partial charge on any atom is 0.243 e. The minimum atomic E-state index is -3.64. The van der Waals surface area contributed by atoms with Gasteiger partial charge in [-0.25, -0.2) is 8.42 Å². The number of thioether (sulfide) groups is 1. The van der Waals surface area contributed by atoms with E-state index in [0.29, 0.717) is 40.2 Å². The van der Waals surface area contributed by atoms with Gasteiger partial charge in [-0.1, -0.05) is 42.3 Å². The van der Waals surface area contributed by atoms with Crippen LogP contribution >= 0.6 is 35.0 Å². The molecule has 1 amide bonds. The number of sulfonamides is 1. The van der Waals surface area contributed by atoms with Crippen molar-refractivity contribution in [1.29, 1.82) is 0 Å². The molecule has 0 radical (unpaired) electrons. The van der Waals surface area contributed by atoms with Crippen molar-refractivity contribution in [3.05, 3.63) is 63.1 Å². The lowest BCUT2D eigenvalue weighted by Crippen LogP contribution is -2.49. The van der Waals surface area contributed by atoms with E-state index in [9.17, 15) is 13.2 Å². The van der Waals surface area contributed by atoms with Crippen molar-refractivity contribution in [3.8, 4) is 0 Å². The van der Waals surface area contributed by atoms with Gasteiger partial charge in [-0.15, -0.1) is 0 Å². The Morgan fingerprint density at radius 2 is 1.84 bits per heavy atom. The third kappa shape index (κ3) is 7.31. The van der Waals surface area contributed by atoms with Gasteiger partial charge in [0.2, 0.25) is 15.9 Å². The number of halogens is 2. The molecule has 170 valence electrons. The first-order valence-corrected chi connectivity index (χ1v) is 13.7. The SMILES string of the molecule is CC[C@@H](C(=O)NCCSCc1ccc(Cl)cc1Cl)N(c1ccc(C)c(C)c1)S(C)(=O)=O. The fraction of sp³-hybridized carbons (Fsp3) is 0.409. The third-order valence-corrected chi connectivity index (χ3v) is 7.67. The van der Waals surface area contributed by atoms with Crippen LogP contribution in [0.1, 0.15) is 30.0 Å². The lowest BCUT2D eigenvalue weighted by atomic mass is 10.1. The van der Waals surface area contributed by atoms with E-state index in [4.69, 9.17) is 23.2 Å². The van der Waals surface area contributed by atoms with Gasteiger partial charge in [-0.2, -0.15) is 11.8 Å². The summed E-state index contributed by atoms with van der Waals surface area (Å²) in [4.78, 5) is 12.9. The lowest BCUT2D eigenvalue weighted by Gasteiger charge is -2.30. The first-order chi connectivity index (χ1) is 14.5. The molecule has 0 aliphatic rings. The second-order valence-corrected chi connectivity index (χ2v) is 11.1. The molecule has 2 aromatic rings. The summed E-state index contributed by atoms with van der Waals surface area (Å²) in [6.45, 7) is 6.11. The lowest BCUT2D eigenvalue weighted by molar-refractivity contribution is -0.122. The van der Waals surface area contributed by atoms with Crippen molar-refractivity contribution in [3.63, 3.8) is 0 Å². The van der Waals surface area contributed by atoms with E-state index in [1.807, 2.05) is 26.0 Å². The Labute approximate surface area is 199 Å². The molecule has 0 aliphatic carbocycles. The number of nitrogens with zero attached hydrogens (tertiary/aromatic N) is 1. The zero-order valence-corrected chi connectivity index (χ0v) is 21.3. The Bertz CT molecular complexity index is 1030. The smallest absolute Gasteiger partial charge is 0.243 e. The molecule has 0 spiro atoms. The highest BCUT2D eigenvalue weighted by atomic mass is 35.5. The number of carbonyl (C=O) groups is 1. The van der Waals surface area contributed by atoms with Crippen molar-refractivity contribution >= 4 is 56.6 Å². The highest BCUT2D eigenvalue weighted by Gasteiger charge is 2.31. The number of hydrogen-bond donors (Lipinski definition) is 1. The van der Waals surface area contributed by atoms with Crippen molar-refractivity contribution in [2.24, 2.45) is 0 Å². The number of rotatable bonds is 10. The molecule has 0 saturated carbocycles. The number of benzene rings is 2. The van der Waals surface area contributed by atoms with Crippen LogP contribution in [0.15, 0.2) is 36.4 Å². The molecule has 31 heavy (non-hydrogen) atoms. The quantitative estimate of drug-likeness (QED) is 0.453. The monoisotopic (exact) mass is 502 g/mol. The summed E-state index contributed by atoms with van der Waals surface area (Å²) in [5.41, 5.74) is 3.51. The molecular weight excluding hydrogens is 475 g/mol. The third-order valence-electron chi connectivity index (χ3n) is 4.89. The van der Waals surface area contributed by atoms with Gasteiger partial charge in [-0.05, 0) is 61.2 Å². The van der Waals surface area contributed by atoms with Crippen molar-refractivity contribution in [1.82, 2.24) is 5.32 Å². The average molecular weight is 504 g/mol. The van der Waals surface area contributed by atoms with Crippen LogP contribution in [0.5, 0.6) is 0 Å². The van der Waals surface area contributed by atoms with E-state index < -0.39 is 16.1 Å². The second-order valence-electron chi connectivity index (χ2n) is 7.33. The topological polar surface area (TPSA) is 66.5 Å². The van der Waals surface area contributed by atoms with Crippen molar-refractivity contribution in [2.75, 3.05) is 22.9 Å². The number of carbonyl (C=O) groups excluding carboxylic acids is 1. The Morgan fingerprint density at radius 3 is 2.42 bits per heavy atom. The highest BCUT2D eigenvalue weighted by molar-refractivity contribution is 7.98. The molecule has 0 heterocycles. The van der Waals surface area contributed by atoms with Gasteiger partial charge < -0.3 is 5.32 Å². The average Bonchev–Trinajstić information content (AvgIpc) is 2.68. The van der Waals surface area contributed by atoms with Gasteiger partial charge in [-0.3, -0.25) is 9.10 Å². The second kappa shape index (κ2) is 11.5. The summed E-state index contributed by atoms with van der Waals surface area (Å²) < 4.78 is 26.3. The van der Waals surface area contributed by atoms with Gasteiger partial charge in [0.25, 0.3) is 0 Å². The van der Waals surface area contributed by atoms with Crippen LogP contribution in [0.25, 0.3) is 0 Å². The largest absolute Gasteiger partial charge is 0.353 e. The Morgan fingerprint density at radius 1 is 1.13 bits per heavy atom. The molecule has 1 atom stereocenters. The molecular formula is C22H28Cl2N2O3S2. The summed E-state index contributed by atoms with van der Waals surface area (Å²) in [6.07, 6.45) is 1.49. The van der Waals surface area contributed by atoms with Crippen LogP contribution in [0.3, 0.4) is 0 Å². The zero-order chi connectivity index (χ0) is 23.2. The van der Waals surface area contributed by atoms with Crippen LogP contribution in [0.2, 0.25) is 10.0 Å². The normalized spacial score (nSPS) is 12.5. The first-order valence-electron chi connectivity index (χ1n) is 9.90. The van der Waals surface area contributed by atoms with E-state index in [1.165, 1.54) is 4.31 Å². The van der Waals surface area contributed by atoms with Crippen LogP contribution in [-0.4, -0.2) is 38.9 Å². The standard InChI is InChI=1S/C22H28Cl2N2O3S2/c1-5-21(26(31(4,28)29)19-9-6-15(2)16(3)12-19)22(27)25-10-11-30-14-17-7-8-18(23)13-20(17)24/h6-9,12-13,21H,5,10-11,14H2,1-4H3,(H,25,27)/t21-/m0/s1. The Balaban J connectivity index is 2.00. The van der Waals surface area contributed by atoms with Gasteiger partial charge in [0.1, 0.15) is 6.04 Å². The fourth-order valence-corrected chi connectivity index (χ4v) is 5.73. The predicted molar refractivity (Wildman–Crippen MR) is 133 cm³/mol. The number of hydrogen-bond acceptors (Lipinski definition) is 4. The van der Waals surface area contributed by atoms with Gasteiger partial charge in [0, 0.05) is 28.1 Å². The Hall–Kier alpha value is -1.41. The number of nitrogens with one attached hydrogen (secondary N) is 1. The summed E-state index contributed by atoms with van der Waals surface area (Å²) in [5.74, 6) is 1.06. The maximum absolute atomic E-state index is 12.9. The number of aryl methyl sites for hydroxylation is 2. The van der Waals surface area contributed by atoms with E-state index in [-0.39, 0.29) is 5.91 Å². The molecule has 0 aliphatic heterocycles. The fourth-order valence-electron chi connectivity index (χ4n) is 3.11. The molecule has 0 aromatic heterocycles. The summed E-state index contributed by atoms with van der Waals surface area (Å²) >= 11 is 13.7. The number of anilines is 1. The van der Waals surface area contributed by atoms with Crippen LogP contribution in [0, 0.1) is 13.8 Å². The van der Waals surface area contributed by atoms with Crippen LogP contribution in [0.4, 0.5) is 5.69 Å². The van der Waals surface area contributed by atoms with Gasteiger partial charge >= 0.3 is 0 Å². The predicted octanol–water partition coefficient (Wildman–Crippen LogP) is 5.20. The van der Waals surface area contributed by atoms with Crippen LogP contribution < -0.4 is 9.62 Å². The van der Waals surface area contributed by atoms with Crippen molar-refractivity contribution < 1.29 is 13.2 Å². The summed E-state index contributed by atoms with van der Waals surface area (Å²) in [6, 6.07) is 9.99. The molecule has 0 saturated heterocycles. The van der Waals surface area contributed by atoms with E-state index in [0.717, 1.165) is 22.9 Å². The minimum Gasteiger partial charge on any atom is -0.353 e. The zero-order valence-electron chi connectivity index (χ0n) is 18.1. The molecule has 5 nitrogen and oxygen atoms in total. The molecule has 0 unspecified atom stereocenters. The minimum absolute atomic E-state index is 0.309. The van der Waals surface area contributed by atoms with Gasteiger partial charge in [0.15, 0.2) is 0 Å². The summed E-state index contributed by atoms with van der Waals surface area (Å²) in [7, 11) is -3.64. The summed E-state index contributed by atoms with van der Waals surface area (Å²) in [5, 5.41) is 4.08. The first kappa shape index (κ1) is 25.8. The molecule has 0 bridgehead atoms. The number of amides is 1. The molecule has 9 heteroatoms. The van der Waals surface area contributed by atoms with Gasteiger partial charge in [0.05, 0.1) is 11.9 Å². The van der Waals surface area contributed by atoms with E-state index in [1.54, 1.807) is 43.0 Å².